The van der Waals surface area contributed by atoms with Gasteiger partial charge in [-0.15, -0.1) is 0 Å². The van der Waals surface area contributed by atoms with E-state index in [1.54, 1.807) is 28.6 Å². The molecule has 0 aliphatic heterocycles. The summed E-state index contributed by atoms with van der Waals surface area (Å²) in [6.07, 6.45) is 2.48. The molecule has 176 valence electrons. The SMILES string of the molecule is Cc1cc(NC(=O)C(C)Oc2ccccc2)n(-c2ncnc3c2cnn3-c2ccc(C)c(C)c2)n1. The Bertz CT molecular complexity index is 1520. The van der Waals surface area contributed by atoms with Crippen LogP contribution in [0.5, 0.6) is 5.75 Å². The van der Waals surface area contributed by atoms with Crippen LogP contribution in [-0.2, 0) is 4.79 Å². The number of benzene rings is 2. The minimum Gasteiger partial charge on any atom is -0.481 e. The fourth-order valence-corrected chi connectivity index (χ4v) is 3.78. The molecule has 0 saturated heterocycles. The third-order valence-electron chi connectivity index (χ3n) is 5.79. The molecule has 2 aromatic carbocycles. The molecular formula is C26H25N7O2. The van der Waals surface area contributed by atoms with E-state index in [9.17, 15) is 4.79 Å². The van der Waals surface area contributed by atoms with Crippen LogP contribution in [0.4, 0.5) is 5.82 Å². The summed E-state index contributed by atoms with van der Waals surface area (Å²) >= 11 is 0. The van der Waals surface area contributed by atoms with Crippen molar-refractivity contribution >= 4 is 22.8 Å². The summed E-state index contributed by atoms with van der Waals surface area (Å²) in [6.45, 7) is 7.69. The Morgan fingerprint density at radius 2 is 1.77 bits per heavy atom. The van der Waals surface area contributed by atoms with Crippen LogP contribution < -0.4 is 10.1 Å². The molecule has 5 rings (SSSR count). The highest BCUT2D eigenvalue weighted by atomic mass is 16.5. The second-order valence-electron chi connectivity index (χ2n) is 8.40. The van der Waals surface area contributed by atoms with Crippen molar-refractivity contribution in [2.24, 2.45) is 0 Å². The molecule has 5 aromatic rings. The summed E-state index contributed by atoms with van der Waals surface area (Å²) in [5.74, 6) is 1.32. The predicted molar refractivity (Wildman–Crippen MR) is 133 cm³/mol. The number of carbonyl (C=O) groups excluding carboxylic acids is 1. The molecule has 0 saturated carbocycles. The van der Waals surface area contributed by atoms with Gasteiger partial charge in [-0.3, -0.25) is 4.79 Å². The molecule has 1 atom stereocenters. The van der Waals surface area contributed by atoms with Crippen LogP contribution in [0.1, 0.15) is 23.7 Å². The first-order valence-corrected chi connectivity index (χ1v) is 11.3. The molecule has 1 unspecified atom stereocenters. The van der Waals surface area contributed by atoms with Gasteiger partial charge in [0.2, 0.25) is 0 Å². The van der Waals surface area contributed by atoms with Gasteiger partial charge in [-0.05, 0) is 63.1 Å². The number of anilines is 1. The minimum absolute atomic E-state index is 0.300. The third kappa shape index (κ3) is 4.35. The maximum Gasteiger partial charge on any atom is 0.266 e. The van der Waals surface area contributed by atoms with Crippen molar-refractivity contribution in [2.75, 3.05) is 5.32 Å². The Balaban J connectivity index is 1.47. The Labute approximate surface area is 202 Å². The van der Waals surface area contributed by atoms with Crippen molar-refractivity contribution in [3.8, 4) is 17.3 Å². The van der Waals surface area contributed by atoms with Gasteiger partial charge in [0.05, 0.1) is 23.0 Å². The molecule has 0 aliphatic rings. The van der Waals surface area contributed by atoms with E-state index < -0.39 is 6.10 Å². The van der Waals surface area contributed by atoms with Crippen molar-refractivity contribution in [1.29, 1.82) is 0 Å². The first-order chi connectivity index (χ1) is 16.9. The second kappa shape index (κ2) is 9.02. The Hall–Kier alpha value is -4.53. The van der Waals surface area contributed by atoms with Crippen LogP contribution in [0.3, 0.4) is 0 Å². The number of aryl methyl sites for hydroxylation is 3. The average molecular weight is 468 g/mol. The third-order valence-corrected chi connectivity index (χ3v) is 5.79. The quantitative estimate of drug-likeness (QED) is 0.399. The number of fused-ring (bicyclic) bond motifs is 1. The molecular weight excluding hydrogens is 442 g/mol. The van der Waals surface area contributed by atoms with Crippen molar-refractivity contribution in [3.63, 3.8) is 0 Å². The molecule has 1 N–H and O–H groups in total. The van der Waals surface area contributed by atoms with Crippen LogP contribution in [0.25, 0.3) is 22.5 Å². The molecule has 0 aliphatic carbocycles. The highest BCUT2D eigenvalue weighted by Gasteiger charge is 2.21. The van der Waals surface area contributed by atoms with Gasteiger partial charge in [0, 0.05) is 6.07 Å². The van der Waals surface area contributed by atoms with Crippen molar-refractivity contribution in [1.82, 2.24) is 29.5 Å². The lowest BCUT2D eigenvalue weighted by Gasteiger charge is -2.15. The molecule has 0 radical (unpaired) electrons. The van der Waals surface area contributed by atoms with Crippen LogP contribution in [-0.4, -0.2) is 41.5 Å². The fraction of sp³-hybridized carbons (Fsp3) is 0.192. The lowest BCUT2D eigenvalue weighted by molar-refractivity contribution is -0.122. The van der Waals surface area contributed by atoms with E-state index in [0.717, 1.165) is 11.4 Å². The highest BCUT2D eigenvalue weighted by Crippen LogP contribution is 2.25. The van der Waals surface area contributed by atoms with Gasteiger partial charge >= 0.3 is 0 Å². The first kappa shape index (κ1) is 22.3. The topological polar surface area (TPSA) is 99.7 Å². The number of rotatable bonds is 6. The normalized spacial score (nSPS) is 12.0. The molecule has 0 fully saturated rings. The van der Waals surface area contributed by atoms with E-state index in [-0.39, 0.29) is 5.91 Å². The van der Waals surface area contributed by atoms with Gasteiger partial charge in [0.1, 0.15) is 17.9 Å². The molecule has 3 heterocycles. The summed E-state index contributed by atoms with van der Waals surface area (Å²) in [6, 6.07) is 17.2. The number of hydrogen-bond donors (Lipinski definition) is 1. The van der Waals surface area contributed by atoms with E-state index in [4.69, 9.17) is 4.74 Å². The standard InChI is InChI=1S/C26H25N7O2/c1-16-10-11-20(12-17(16)2)32-24-22(14-29-32)25(28-15-27-24)33-23(13-18(3)31-33)30-26(34)19(4)35-21-8-6-5-7-9-21/h5-15,19H,1-4H3,(H,30,34). The fourth-order valence-electron chi connectivity index (χ4n) is 3.78. The number of nitrogens with one attached hydrogen (secondary N) is 1. The number of ether oxygens (including phenoxy) is 1. The van der Waals surface area contributed by atoms with Gasteiger partial charge in [-0.2, -0.15) is 14.9 Å². The average Bonchev–Trinajstić information content (AvgIpc) is 3.44. The smallest absolute Gasteiger partial charge is 0.266 e. The number of hydrogen-bond acceptors (Lipinski definition) is 6. The lowest BCUT2D eigenvalue weighted by Crippen LogP contribution is -2.31. The van der Waals surface area contributed by atoms with E-state index >= 15 is 0 Å². The maximum absolute atomic E-state index is 12.9. The van der Waals surface area contributed by atoms with E-state index in [2.05, 4.69) is 51.5 Å². The summed E-state index contributed by atoms with van der Waals surface area (Å²) < 4.78 is 9.13. The van der Waals surface area contributed by atoms with Crippen molar-refractivity contribution in [2.45, 2.75) is 33.8 Å². The number of amides is 1. The number of nitrogens with zero attached hydrogens (tertiary/aromatic N) is 6. The summed E-state index contributed by atoms with van der Waals surface area (Å²) in [7, 11) is 0. The second-order valence-corrected chi connectivity index (χ2v) is 8.40. The summed E-state index contributed by atoms with van der Waals surface area (Å²) in [5.41, 5.74) is 4.65. The van der Waals surface area contributed by atoms with E-state index in [1.807, 2.05) is 43.3 Å². The zero-order valence-corrected chi connectivity index (χ0v) is 19.9. The molecule has 9 heteroatoms. The number of carbonyl (C=O) groups is 1. The van der Waals surface area contributed by atoms with Gasteiger partial charge in [-0.1, -0.05) is 24.3 Å². The summed E-state index contributed by atoms with van der Waals surface area (Å²) in [5, 5.41) is 12.8. The first-order valence-electron chi connectivity index (χ1n) is 11.3. The highest BCUT2D eigenvalue weighted by molar-refractivity contribution is 5.94. The van der Waals surface area contributed by atoms with Crippen LogP contribution in [0.15, 0.2) is 67.1 Å². The van der Waals surface area contributed by atoms with Crippen LogP contribution in [0.2, 0.25) is 0 Å². The summed E-state index contributed by atoms with van der Waals surface area (Å²) in [4.78, 5) is 21.8. The molecule has 0 bridgehead atoms. The largest absolute Gasteiger partial charge is 0.481 e. The maximum atomic E-state index is 12.9. The molecule has 3 aromatic heterocycles. The molecule has 35 heavy (non-hydrogen) atoms. The zero-order valence-electron chi connectivity index (χ0n) is 19.9. The van der Waals surface area contributed by atoms with Crippen LogP contribution >= 0.6 is 0 Å². The number of aromatic nitrogens is 6. The van der Waals surface area contributed by atoms with E-state index in [0.29, 0.717) is 28.4 Å². The van der Waals surface area contributed by atoms with E-state index in [1.165, 1.54) is 17.5 Å². The predicted octanol–water partition coefficient (Wildman–Crippen LogP) is 4.33. The van der Waals surface area contributed by atoms with Gasteiger partial charge in [-0.25, -0.2) is 14.6 Å². The molecule has 9 nitrogen and oxygen atoms in total. The Kier molecular flexibility index (Phi) is 5.74. The molecule has 1 amide bonds. The van der Waals surface area contributed by atoms with Gasteiger partial charge in [0.15, 0.2) is 17.6 Å². The van der Waals surface area contributed by atoms with Crippen molar-refractivity contribution in [3.05, 3.63) is 83.9 Å². The van der Waals surface area contributed by atoms with Crippen LogP contribution in [0, 0.1) is 20.8 Å². The van der Waals surface area contributed by atoms with Crippen molar-refractivity contribution < 1.29 is 9.53 Å². The molecule has 0 spiro atoms. The Morgan fingerprint density at radius 3 is 2.54 bits per heavy atom. The van der Waals surface area contributed by atoms with Gasteiger partial charge in [0.25, 0.3) is 5.91 Å². The zero-order chi connectivity index (χ0) is 24.5. The Morgan fingerprint density at radius 1 is 0.971 bits per heavy atom. The minimum atomic E-state index is -0.709. The monoisotopic (exact) mass is 467 g/mol. The van der Waals surface area contributed by atoms with Gasteiger partial charge < -0.3 is 10.1 Å². The lowest BCUT2D eigenvalue weighted by atomic mass is 10.1. The number of para-hydroxylation sites is 1.